The Bertz CT molecular complexity index is 773. The van der Waals surface area contributed by atoms with E-state index in [0.717, 1.165) is 31.2 Å². The van der Waals surface area contributed by atoms with E-state index in [1.807, 2.05) is 54.6 Å². The van der Waals surface area contributed by atoms with E-state index in [-0.39, 0.29) is 18.4 Å². The molecule has 6 nitrogen and oxygen atoms in total. The fraction of sp³-hybridized carbons (Fsp3) is 0.333. The number of carbonyl (C=O) groups excluding carboxylic acids is 2. The highest BCUT2D eigenvalue weighted by molar-refractivity contribution is 5.79. The van der Waals surface area contributed by atoms with E-state index in [4.69, 9.17) is 10.5 Å². The quantitative estimate of drug-likeness (QED) is 0.697. The zero-order valence-electron chi connectivity index (χ0n) is 15.2. The van der Waals surface area contributed by atoms with Crippen LogP contribution in [0.1, 0.15) is 43.7 Å². The SMILES string of the molecule is NC(=O)NC(CC(=O)NC1CCCC1)c1cccc(Oc2ccccc2)c1. The van der Waals surface area contributed by atoms with Crippen LogP contribution < -0.4 is 21.1 Å². The molecule has 0 heterocycles. The second-order valence-electron chi connectivity index (χ2n) is 6.80. The lowest BCUT2D eigenvalue weighted by Gasteiger charge is -2.20. The standard InChI is InChI=1S/C21H25N3O3/c22-21(26)24-19(14-20(25)23-16-8-4-5-9-16)15-7-6-12-18(13-15)27-17-10-2-1-3-11-17/h1-3,6-7,10-13,16,19H,4-5,8-9,14H2,(H,23,25)(H3,22,24,26). The molecule has 0 saturated heterocycles. The van der Waals surface area contributed by atoms with Gasteiger partial charge in [-0.3, -0.25) is 4.79 Å². The summed E-state index contributed by atoms with van der Waals surface area (Å²) in [5.74, 6) is 1.26. The fourth-order valence-electron chi connectivity index (χ4n) is 3.39. The van der Waals surface area contributed by atoms with Crippen molar-refractivity contribution in [1.82, 2.24) is 10.6 Å². The topological polar surface area (TPSA) is 93.5 Å². The van der Waals surface area contributed by atoms with Gasteiger partial charge >= 0.3 is 6.03 Å². The number of para-hydroxylation sites is 1. The van der Waals surface area contributed by atoms with Gasteiger partial charge in [0.2, 0.25) is 5.91 Å². The summed E-state index contributed by atoms with van der Waals surface area (Å²) >= 11 is 0. The number of hydrogen-bond acceptors (Lipinski definition) is 3. The summed E-state index contributed by atoms with van der Waals surface area (Å²) in [7, 11) is 0. The highest BCUT2D eigenvalue weighted by atomic mass is 16.5. The molecule has 2 aromatic rings. The van der Waals surface area contributed by atoms with Gasteiger partial charge in [0.25, 0.3) is 0 Å². The third-order valence-corrected chi connectivity index (χ3v) is 4.67. The first kappa shape index (κ1) is 18.8. The van der Waals surface area contributed by atoms with Gasteiger partial charge in [0, 0.05) is 6.04 Å². The second kappa shape index (κ2) is 9.07. The van der Waals surface area contributed by atoms with Crippen molar-refractivity contribution in [3.63, 3.8) is 0 Å². The molecule has 142 valence electrons. The number of primary amides is 1. The van der Waals surface area contributed by atoms with E-state index >= 15 is 0 Å². The first-order valence-electron chi connectivity index (χ1n) is 9.28. The van der Waals surface area contributed by atoms with Crippen LogP contribution in [0.2, 0.25) is 0 Å². The lowest BCUT2D eigenvalue weighted by atomic mass is 10.0. The van der Waals surface area contributed by atoms with Gasteiger partial charge in [0.1, 0.15) is 11.5 Å². The minimum absolute atomic E-state index is 0.0879. The summed E-state index contributed by atoms with van der Waals surface area (Å²) in [6, 6.07) is 15.8. The van der Waals surface area contributed by atoms with Crippen LogP contribution in [0.15, 0.2) is 54.6 Å². The molecule has 0 aliphatic heterocycles. The number of nitrogens with two attached hydrogens (primary N) is 1. The highest BCUT2D eigenvalue weighted by Crippen LogP contribution is 2.26. The Balaban J connectivity index is 1.70. The minimum Gasteiger partial charge on any atom is -0.457 e. The van der Waals surface area contributed by atoms with Gasteiger partial charge in [-0.05, 0) is 42.7 Å². The second-order valence-corrected chi connectivity index (χ2v) is 6.80. The normalized spacial score (nSPS) is 15.1. The molecule has 2 aromatic carbocycles. The predicted molar refractivity (Wildman–Crippen MR) is 103 cm³/mol. The molecular weight excluding hydrogens is 342 g/mol. The maximum atomic E-state index is 12.4. The molecule has 1 atom stereocenters. The molecule has 1 aliphatic rings. The molecule has 0 aromatic heterocycles. The maximum Gasteiger partial charge on any atom is 0.312 e. The fourth-order valence-corrected chi connectivity index (χ4v) is 3.39. The van der Waals surface area contributed by atoms with Gasteiger partial charge in [-0.1, -0.05) is 43.2 Å². The lowest BCUT2D eigenvalue weighted by Crippen LogP contribution is -2.39. The van der Waals surface area contributed by atoms with Crippen LogP contribution in [-0.4, -0.2) is 18.0 Å². The van der Waals surface area contributed by atoms with Gasteiger partial charge in [0.05, 0.1) is 12.5 Å². The van der Waals surface area contributed by atoms with Crippen LogP contribution in [-0.2, 0) is 4.79 Å². The number of rotatable bonds is 7. The molecule has 3 amide bonds. The Morgan fingerprint density at radius 1 is 1.04 bits per heavy atom. The van der Waals surface area contributed by atoms with Crippen LogP contribution in [0.4, 0.5) is 4.79 Å². The van der Waals surface area contributed by atoms with E-state index < -0.39 is 12.1 Å². The Morgan fingerprint density at radius 2 is 1.74 bits per heavy atom. The summed E-state index contributed by atoms with van der Waals surface area (Å²) in [4.78, 5) is 23.8. The van der Waals surface area contributed by atoms with Gasteiger partial charge in [-0.25, -0.2) is 4.79 Å². The Labute approximate surface area is 159 Å². The third kappa shape index (κ3) is 5.74. The largest absolute Gasteiger partial charge is 0.457 e. The number of hydrogen-bond donors (Lipinski definition) is 3. The molecule has 3 rings (SSSR count). The third-order valence-electron chi connectivity index (χ3n) is 4.67. The molecule has 1 unspecified atom stereocenters. The van der Waals surface area contributed by atoms with Crippen molar-refractivity contribution in [3.05, 3.63) is 60.2 Å². The van der Waals surface area contributed by atoms with Gasteiger partial charge < -0.3 is 21.1 Å². The summed E-state index contributed by atoms with van der Waals surface area (Å²) < 4.78 is 5.84. The van der Waals surface area contributed by atoms with E-state index in [2.05, 4.69) is 10.6 Å². The number of benzene rings is 2. The van der Waals surface area contributed by atoms with Crippen molar-refractivity contribution >= 4 is 11.9 Å². The molecule has 6 heteroatoms. The van der Waals surface area contributed by atoms with Crippen LogP contribution in [0.25, 0.3) is 0 Å². The van der Waals surface area contributed by atoms with Gasteiger partial charge in [0.15, 0.2) is 0 Å². The molecule has 1 fully saturated rings. The molecule has 1 aliphatic carbocycles. The molecule has 4 N–H and O–H groups in total. The van der Waals surface area contributed by atoms with Crippen LogP contribution >= 0.6 is 0 Å². The van der Waals surface area contributed by atoms with Crippen molar-refractivity contribution in [3.8, 4) is 11.5 Å². The number of nitrogens with one attached hydrogen (secondary N) is 2. The summed E-state index contributed by atoms with van der Waals surface area (Å²) in [5.41, 5.74) is 6.09. The number of carbonyl (C=O) groups is 2. The lowest BCUT2D eigenvalue weighted by molar-refractivity contribution is -0.122. The molecular formula is C21H25N3O3. The summed E-state index contributed by atoms with van der Waals surface area (Å²) in [6.45, 7) is 0. The van der Waals surface area contributed by atoms with E-state index in [1.165, 1.54) is 0 Å². The van der Waals surface area contributed by atoms with Crippen LogP contribution in [0, 0.1) is 0 Å². The van der Waals surface area contributed by atoms with Crippen LogP contribution in [0.3, 0.4) is 0 Å². The molecule has 0 bridgehead atoms. The minimum atomic E-state index is -0.664. The molecule has 1 saturated carbocycles. The zero-order valence-corrected chi connectivity index (χ0v) is 15.2. The monoisotopic (exact) mass is 367 g/mol. The molecule has 27 heavy (non-hydrogen) atoms. The number of urea groups is 1. The van der Waals surface area contributed by atoms with Gasteiger partial charge in [-0.2, -0.15) is 0 Å². The average molecular weight is 367 g/mol. The van der Waals surface area contributed by atoms with Crippen molar-refractivity contribution in [2.45, 2.75) is 44.2 Å². The molecule has 0 spiro atoms. The van der Waals surface area contributed by atoms with Crippen molar-refractivity contribution in [2.24, 2.45) is 5.73 Å². The van der Waals surface area contributed by atoms with Crippen molar-refractivity contribution in [1.29, 1.82) is 0 Å². The van der Waals surface area contributed by atoms with Crippen molar-refractivity contribution < 1.29 is 14.3 Å². The summed E-state index contributed by atoms with van der Waals surface area (Å²) in [5, 5.41) is 5.71. The Kier molecular flexibility index (Phi) is 6.30. The van der Waals surface area contributed by atoms with Gasteiger partial charge in [-0.15, -0.1) is 0 Å². The number of amides is 3. The first-order chi connectivity index (χ1) is 13.1. The summed E-state index contributed by atoms with van der Waals surface area (Å²) in [6.07, 6.45) is 4.45. The van der Waals surface area contributed by atoms with Crippen molar-refractivity contribution in [2.75, 3.05) is 0 Å². The average Bonchev–Trinajstić information content (AvgIpc) is 3.15. The zero-order chi connectivity index (χ0) is 19.1. The smallest absolute Gasteiger partial charge is 0.312 e. The van der Waals surface area contributed by atoms with E-state index in [0.29, 0.717) is 11.5 Å². The molecule has 0 radical (unpaired) electrons. The predicted octanol–water partition coefficient (Wildman–Crippen LogP) is 3.64. The Morgan fingerprint density at radius 3 is 2.44 bits per heavy atom. The number of ether oxygens (including phenoxy) is 1. The van der Waals surface area contributed by atoms with Crippen LogP contribution in [0.5, 0.6) is 11.5 Å². The highest BCUT2D eigenvalue weighted by Gasteiger charge is 2.22. The Hall–Kier alpha value is -3.02. The first-order valence-corrected chi connectivity index (χ1v) is 9.28. The maximum absolute atomic E-state index is 12.4. The van der Waals surface area contributed by atoms with E-state index in [1.54, 1.807) is 0 Å². The van der Waals surface area contributed by atoms with E-state index in [9.17, 15) is 9.59 Å².